The number of anilines is 2. The van der Waals surface area contributed by atoms with Gasteiger partial charge in [-0.1, -0.05) is 6.07 Å². The summed E-state index contributed by atoms with van der Waals surface area (Å²) in [5.41, 5.74) is 1.63. The molecule has 0 spiro atoms. The minimum absolute atomic E-state index is 0.0172. The number of nitriles is 1. The van der Waals surface area contributed by atoms with E-state index in [1.54, 1.807) is 22.9 Å². The Balaban J connectivity index is 1.95. The highest BCUT2D eigenvalue weighted by Gasteiger charge is 2.40. The Kier molecular flexibility index (Phi) is 7.91. The maximum absolute atomic E-state index is 12.7. The molecule has 1 heterocycles. The summed E-state index contributed by atoms with van der Waals surface area (Å²) in [6.07, 6.45) is 0.701. The maximum Gasteiger partial charge on any atom is 0.321 e. The molecule has 1 fully saturated rings. The summed E-state index contributed by atoms with van der Waals surface area (Å²) in [6.45, 7) is 4.39. The molecular weight excluding hydrogens is 392 g/mol. The average molecular weight is 419 g/mol. The van der Waals surface area contributed by atoms with E-state index in [0.717, 1.165) is 11.4 Å². The third-order valence-electron chi connectivity index (χ3n) is 4.90. The molecule has 3 atom stereocenters. The summed E-state index contributed by atoms with van der Waals surface area (Å²) < 4.78 is 0. The zero-order valence-electron chi connectivity index (χ0n) is 16.8. The third-order valence-corrected chi connectivity index (χ3v) is 6.43. The number of hydrogen-bond donors (Lipinski definition) is 2. The standard InChI is InChI=1S/C20H26N4O4S/c1-4-24-18(10-14(12-21)20(27)28)29-17(19(24)26)8-9-22-15-6-5-7-16(11-15)23(3)13(2)25/h5-7,11,14,17-18,22H,4,8-10H2,1-3H3,(H,27,28). The summed E-state index contributed by atoms with van der Waals surface area (Å²) in [5.74, 6) is -2.35. The van der Waals surface area contributed by atoms with Crippen LogP contribution < -0.4 is 10.2 Å². The topological polar surface area (TPSA) is 114 Å². The molecule has 2 amide bonds. The van der Waals surface area contributed by atoms with Crippen LogP contribution in [-0.4, -0.2) is 58.6 Å². The lowest BCUT2D eigenvalue weighted by molar-refractivity contribution is -0.141. The molecule has 9 heteroatoms. The lowest BCUT2D eigenvalue weighted by atomic mass is 10.1. The van der Waals surface area contributed by atoms with Crippen LogP contribution in [0.25, 0.3) is 0 Å². The second-order valence-electron chi connectivity index (χ2n) is 6.80. The summed E-state index contributed by atoms with van der Waals surface area (Å²) in [6, 6.07) is 9.27. The predicted molar refractivity (Wildman–Crippen MR) is 113 cm³/mol. The van der Waals surface area contributed by atoms with Crippen molar-refractivity contribution in [3.8, 4) is 6.07 Å². The number of nitrogens with zero attached hydrogens (tertiary/aromatic N) is 3. The molecule has 1 aromatic carbocycles. The molecule has 29 heavy (non-hydrogen) atoms. The Morgan fingerprint density at radius 2 is 2.17 bits per heavy atom. The number of nitrogens with one attached hydrogen (secondary N) is 1. The fourth-order valence-electron chi connectivity index (χ4n) is 3.15. The van der Waals surface area contributed by atoms with Gasteiger partial charge in [-0.3, -0.25) is 14.4 Å². The molecule has 1 saturated heterocycles. The molecule has 2 N–H and O–H groups in total. The van der Waals surface area contributed by atoms with Crippen LogP contribution in [0.5, 0.6) is 0 Å². The van der Waals surface area contributed by atoms with E-state index in [1.807, 2.05) is 31.2 Å². The fraction of sp³-hybridized carbons (Fsp3) is 0.500. The van der Waals surface area contributed by atoms with Crippen molar-refractivity contribution in [1.82, 2.24) is 4.90 Å². The molecule has 1 aliphatic rings. The highest BCUT2D eigenvalue weighted by atomic mass is 32.2. The predicted octanol–water partition coefficient (Wildman–Crippen LogP) is 2.38. The minimum Gasteiger partial charge on any atom is -0.480 e. The van der Waals surface area contributed by atoms with Gasteiger partial charge < -0.3 is 20.2 Å². The molecule has 8 nitrogen and oxygen atoms in total. The number of aliphatic carboxylic acids is 1. The molecule has 0 aliphatic carbocycles. The van der Waals surface area contributed by atoms with Gasteiger partial charge in [0, 0.05) is 44.9 Å². The van der Waals surface area contributed by atoms with Gasteiger partial charge in [-0.2, -0.15) is 5.26 Å². The van der Waals surface area contributed by atoms with Crippen molar-refractivity contribution in [2.75, 3.05) is 30.4 Å². The highest BCUT2D eigenvalue weighted by molar-refractivity contribution is 8.01. The van der Waals surface area contributed by atoms with E-state index >= 15 is 0 Å². The van der Waals surface area contributed by atoms with Crippen molar-refractivity contribution in [1.29, 1.82) is 5.26 Å². The lowest BCUT2D eigenvalue weighted by Crippen LogP contribution is -2.36. The van der Waals surface area contributed by atoms with Crippen LogP contribution in [0, 0.1) is 17.2 Å². The maximum atomic E-state index is 12.7. The molecule has 0 radical (unpaired) electrons. The number of carbonyl (C=O) groups excluding carboxylic acids is 2. The van der Waals surface area contributed by atoms with Crippen LogP contribution in [0.3, 0.4) is 0 Å². The first-order chi connectivity index (χ1) is 13.8. The van der Waals surface area contributed by atoms with Crippen molar-refractivity contribution in [3.05, 3.63) is 24.3 Å². The number of carboxylic acids is 1. The Morgan fingerprint density at radius 3 is 2.76 bits per heavy atom. The van der Waals surface area contributed by atoms with E-state index in [4.69, 9.17) is 10.4 Å². The SMILES string of the molecule is CCN1C(=O)C(CCNc2cccc(N(C)C(C)=O)c2)SC1CC(C#N)C(=O)O. The zero-order chi connectivity index (χ0) is 21.6. The first-order valence-electron chi connectivity index (χ1n) is 9.45. The molecule has 0 aromatic heterocycles. The second-order valence-corrected chi connectivity index (χ2v) is 8.19. The number of benzene rings is 1. The van der Waals surface area contributed by atoms with Gasteiger partial charge in [0.15, 0.2) is 0 Å². The molecule has 0 saturated carbocycles. The van der Waals surface area contributed by atoms with E-state index in [0.29, 0.717) is 19.5 Å². The number of rotatable bonds is 9. The van der Waals surface area contributed by atoms with E-state index < -0.39 is 11.9 Å². The van der Waals surface area contributed by atoms with Crippen molar-refractivity contribution in [3.63, 3.8) is 0 Å². The van der Waals surface area contributed by atoms with Gasteiger partial charge in [-0.05, 0) is 31.5 Å². The fourth-order valence-corrected chi connectivity index (χ4v) is 4.73. The van der Waals surface area contributed by atoms with Gasteiger partial charge in [-0.25, -0.2) is 0 Å². The smallest absolute Gasteiger partial charge is 0.321 e. The molecule has 0 bridgehead atoms. The summed E-state index contributed by atoms with van der Waals surface area (Å²) >= 11 is 1.43. The summed E-state index contributed by atoms with van der Waals surface area (Å²) in [7, 11) is 1.71. The van der Waals surface area contributed by atoms with Gasteiger partial charge in [0.2, 0.25) is 11.8 Å². The normalized spacial score (nSPS) is 19.5. The Labute approximate surface area is 174 Å². The van der Waals surface area contributed by atoms with Crippen LogP contribution in [0.2, 0.25) is 0 Å². The Bertz CT molecular complexity index is 810. The molecule has 3 unspecified atom stereocenters. The molecule has 2 rings (SSSR count). The quantitative estimate of drug-likeness (QED) is 0.633. The Morgan fingerprint density at radius 1 is 1.45 bits per heavy atom. The van der Waals surface area contributed by atoms with Crippen molar-refractivity contribution in [2.45, 2.75) is 37.3 Å². The third kappa shape index (κ3) is 5.64. The number of hydrogen-bond acceptors (Lipinski definition) is 6. The monoisotopic (exact) mass is 418 g/mol. The van der Waals surface area contributed by atoms with E-state index in [9.17, 15) is 14.4 Å². The van der Waals surface area contributed by atoms with Crippen LogP contribution >= 0.6 is 11.8 Å². The largest absolute Gasteiger partial charge is 0.480 e. The highest BCUT2D eigenvalue weighted by Crippen LogP contribution is 2.36. The molecule has 1 aliphatic heterocycles. The number of carboxylic acid groups (broad SMARTS) is 1. The van der Waals surface area contributed by atoms with Crippen molar-refractivity contribution in [2.24, 2.45) is 5.92 Å². The minimum atomic E-state index is -1.16. The van der Waals surface area contributed by atoms with Crippen LogP contribution in [0.4, 0.5) is 11.4 Å². The van der Waals surface area contributed by atoms with Gasteiger partial charge in [0.1, 0.15) is 5.92 Å². The van der Waals surface area contributed by atoms with Crippen LogP contribution in [0.15, 0.2) is 24.3 Å². The second kappa shape index (κ2) is 10.2. The van der Waals surface area contributed by atoms with Crippen molar-refractivity contribution < 1.29 is 19.5 Å². The number of amides is 2. The van der Waals surface area contributed by atoms with Crippen molar-refractivity contribution >= 4 is 40.9 Å². The number of carbonyl (C=O) groups is 3. The van der Waals surface area contributed by atoms with Gasteiger partial charge >= 0.3 is 5.97 Å². The van der Waals surface area contributed by atoms with E-state index in [2.05, 4.69) is 5.32 Å². The van der Waals surface area contributed by atoms with E-state index in [1.165, 1.54) is 18.7 Å². The Hall–Kier alpha value is -2.73. The molecular formula is C20H26N4O4S. The van der Waals surface area contributed by atoms with Gasteiger partial charge in [0.05, 0.1) is 16.7 Å². The first kappa shape index (κ1) is 22.6. The summed E-state index contributed by atoms with van der Waals surface area (Å²) in [5, 5.41) is 20.9. The van der Waals surface area contributed by atoms with E-state index in [-0.39, 0.29) is 28.9 Å². The van der Waals surface area contributed by atoms with Gasteiger partial charge in [0.25, 0.3) is 0 Å². The zero-order valence-corrected chi connectivity index (χ0v) is 17.6. The summed E-state index contributed by atoms with van der Waals surface area (Å²) in [4.78, 5) is 38.5. The van der Waals surface area contributed by atoms with Gasteiger partial charge in [-0.15, -0.1) is 11.8 Å². The average Bonchev–Trinajstić information content (AvgIpc) is 2.99. The number of thioether (sulfide) groups is 1. The first-order valence-corrected chi connectivity index (χ1v) is 10.4. The molecule has 1 aromatic rings. The lowest BCUT2D eigenvalue weighted by Gasteiger charge is -2.22. The van der Waals surface area contributed by atoms with Crippen LogP contribution in [0.1, 0.15) is 26.7 Å². The van der Waals surface area contributed by atoms with Crippen LogP contribution in [-0.2, 0) is 14.4 Å². The molecule has 156 valence electrons.